The van der Waals surface area contributed by atoms with Crippen molar-refractivity contribution in [2.24, 2.45) is 5.92 Å². The van der Waals surface area contributed by atoms with Gasteiger partial charge in [-0.1, -0.05) is 6.92 Å². The average Bonchev–Trinajstić information content (AvgIpc) is 2.39. The van der Waals surface area contributed by atoms with E-state index in [0.717, 1.165) is 44.3 Å². The molecule has 0 saturated carbocycles. The second kappa shape index (κ2) is 4.61. The number of nitrogens with one attached hydrogen (secondary N) is 1. The van der Waals surface area contributed by atoms with Crippen LogP contribution in [0.1, 0.15) is 24.6 Å². The fraction of sp³-hybridized carbons (Fsp3) is 0.692. The van der Waals surface area contributed by atoms with Crippen molar-refractivity contribution < 1.29 is 0 Å². The Morgan fingerprint density at radius 3 is 2.94 bits per heavy atom. The minimum absolute atomic E-state index is 0.794. The van der Waals surface area contributed by atoms with Crippen LogP contribution in [0.4, 0.5) is 5.82 Å². The highest BCUT2D eigenvalue weighted by Gasteiger charge is 2.19. The summed E-state index contributed by atoms with van der Waals surface area (Å²) in [6.45, 7) is 6.52. The van der Waals surface area contributed by atoms with Gasteiger partial charge in [0.25, 0.3) is 0 Å². The van der Waals surface area contributed by atoms with E-state index in [9.17, 15) is 0 Å². The van der Waals surface area contributed by atoms with Crippen LogP contribution < -0.4 is 10.2 Å². The van der Waals surface area contributed by atoms with Crippen LogP contribution >= 0.6 is 0 Å². The summed E-state index contributed by atoms with van der Waals surface area (Å²) < 4.78 is 0. The number of fused-ring (bicyclic) bond motifs is 1. The maximum absolute atomic E-state index is 4.42. The Morgan fingerprint density at radius 1 is 1.29 bits per heavy atom. The Hall–Kier alpha value is -1.16. The van der Waals surface area contributed by atoms with Crippen LogP contribution in [0.5, 0.6) is 0 Å². The predicted molar refractivity (Wildman–Crippen MR) is 68.3 cm³/mol. The van der Waals surface area contributed by atoms with Crippen LogP contribution in [0.3, 0.4) is 0 Å². The zero-order valence-electron chi connectivity index (χ0n) is 10.4. The molecular formula is C13H20N4. The molecule has 1 aliphatic carbocycles. The molecule has 1 saturated heterocycles. The number of aromatic nitrogens is 2. The van der Waals surface area contributed by atoms with Crippen LogP contribution in [-0.2, 0) is 12.8 Å². The normalized spacial score (nSPS) is 24.5. The summed E-state index contributed by atoms with van der Waals surface area (Å²) >= 11 is 0. The minimum atomic E-state index is 0.794. The molecule has 1 fully saturated rings. The maximum Gasteiger partial charge on any atom is 0.151 e. The van der Waals surface area contributed by atoms with Gasteiger partial charge in [-0.2, -0.15) is 5.10 Å². The van der Waals surface area contributed by atoms with Gasteiger partial charge in [-0.15, -0.1) is 5.10 Å². The molecule has 0 bridgehead atoms. The summed E-state index contributed by atoms with van der Waals surface area (Å²) in [4.78, 5) is 2.34. The lowest BCUT2D eigenvalue weighted by Gasteiger charge is -2.29. The molecule has 0 spiro atoms. The standard InChI is InChI=1S/C13H20N4/c1-10-2-3-12-11(8-10)9-13(16-15-12)17-6-4-14-5-7-17/h9-10,14H,2-8H2,1H3/t10-/m0/s1. The molecule has 3 rings (SSSR count). The van der Waals surface area contributed by atoms with Gasteiger partial charge in [-0.3, -0.25) is 0 Å². The molecular weight excluding hydrogens is 212 g/mol. The number of nitrogens with zero attached hydrogens (tertiary/aromatic N) is 3. The zero-order valence-corrected chi connectivity index (χ0v) is 10.4. The van der Waals surface area contributed by atoms with E-state index < -0.39 is 0 Å². The highest BCUT2D eigenvalue weighted by molar-refractivity contribution is 5.42. The van der Waals surface area contributed by atoms with E-state index in [1.54, 1.807) is 0 Å². The van der Waals surface area contributed by atoms with Gasteiger partial charge in [-0.05, 0) is 36.8 Å². The fourth-order valence-corrected chi connectivity index (χ4v) is 2.74. The van der Waals surface area contributed by atoms with Gasteiger partial charge in [0.05, 0.1) is 5.69 Å². The third-order valence-electron chi connectivity index (χ3n) is 3.83. The lowest BCUT2D eigenvalue weighted by atomic mass is 9.88. The molecule has 17 heavy (non-hydrogen) atoms. The Bertz CT molecular complexity index is 398. The van der Waals surface area contributed by atoms with E-state index in [1.807, 2.05) is 0 Å². The monoisotopic (exact) mass is 232 g/mol. The van der Waals surface area contributed by atoms with Crippen LogP contribution in [-0.4, -0.2) is 36.4 Å². The molecule has 4 nitrogen and oxygen atoms in total. The highest BCUT2D eigenvalue weighted by atomic mass is 15.3. The topological polar surface area (TPSA) is 41.1 Å². The van der Waals surface area contributed by atoms with Crippen molar-refractivity contribution in [2.45, 2.75) is 26.2 Å². The molecule has 1 N–H and O–H groups in total. The summed E-state index contributed by atoms with van der Waals surface area (Å²) in [5, 5.41) is 12.2. The van der Waals surface area contributed by atoms with E-state index in [-0.39, 0.29) is 0 Å². The van der Waals surface area contributed by atoms with E-state index in [2.05, 4.69) is 33.4 Å². The van der Waals surface area contributed by atoms with Crippen LogP contribution in [0.25, 0.3) is 0 Å². The zero-order chi connectivity index (χ0) is 11.7. The van der Waals surface area contributed by atoms with Gasteiger partial charge < -0.3 is 10.2 Å². The third-order valence-corrected chi connectivity index (χ3v) is 3.83. The third kappa shape index (κ3) is 2.27. The van der Waals surface area contributed by atoms with Gasteiger partial charge >= 0.3 is 0 Å². The molecule has 1 aromatic heterocycles. The molecule has 1 aliphatic heterocycles. The van der Waals surface area contributed by atoms with Gasteiger partial charge in [0.1, 0.15) is 0 Å². The molecule has 0 aromatic carbocycles. The number of piperazine rings is 1. The molecule has 2 heterocycles. The Morgan fingerprint density at radius 2 is 2.12 bits per heavy atom. The summed E-state index contributed by atoms with van der Waals surface area (Å²) in [6.07, 6.45) is 3.53. The second-order valence-electron chi connectivity index (χ2n) is 5.26. The average molecular weight is 232 g/mol. The predicted octanol–water partition coefficient (Wildman–Crippen LogP) is 1.01. The first kappa shape index (κ1) is 11.0. The molecule has 1 atom stereocenters. The van der Waals surface area contributed by atoms with E-state index in [0.29, 0.717) is 0 Å². The van der Waals surface area contributed by atoms with E-state index in [1.165, 1.54) is 24.1 Å². The fourth-order valence-electron chi connectivity index (χ4n) is 2.74. The summed E-state index contributed by atoms with van der Waals surface area (Å²) in [5.74, 6) is 1.86. The van der Waals surface area contributed by atoms with Crippen molar-refractivity contribution in [1.29, 1.82) is 0 Å². The summed E-state index contributed by atoms with van der Waals surface area (Å²) in [6, 6.07) is 2.27. The first-order chi connectivity index (χ1) is 8.33. The van der Waals surface area contributed by atoms with Crippen molar-refractivity contribution >= 4 is 5.82 Å². The van der Waals surface area contributed by atoms with Gasteiger partial charge in [0, 0.05) is 26.2 Å². The maximum atomic E-state index is 4.42. The molecule has 1 aromatic rings. The molecule has 0 amide bonds. The number of hydrogen-bond acceptors (Lipinski definition) is 4. The first-order valence-electron chi connectivity index (χ1n) is 6.64. The minimum Gasteiger partial charge on any atom is -0.353 e. The lowest BCUT2D eigenvalue weighted by molar-refractivity contribution is 0.489. The number of aryl methyl sites for hydroxylation is 1. The second-order valence-corrected chi connectivity index (χ2v) is 5.26. The van der Waals surface area contributed by atoms with Crippen molar-refractivity contribution in [3.05, 3.63) is 17.3 Å². The molecule has 4 heteroatoms. The van der Waals surface area contributed by atoms with Crippen LogP contribution in [0.2, 0.25) is 0 Å². The van der Waals surface area contributed by atoms with Crippen molar-refractivity contribution in [1.82, 2.24) is 15.5 Å². The van der Waals surface area contributed by atoms with E-state index >= 15 is 0 Å². The molecule has 0 radical (unpaired) electrons. The molecule has 92 valence electrons. The number of anilines is 1. The lowest BCUT2D eigenvalue weighted by Crippen LogP contribution is -2.44. The Kier molecular flexibility index (Phi) is 2.97. The quantitative estimate of drug-likeness (QED) is 0.784. The first-order valence-corrected chi connectivity index (χ1v) is 6.64. The molecule has 2 aliphatic rings. The van der Waals surface area contributed by atoms with Gasteiger partial charge in [-0.25, -0.2) is 0 Å². The SMILES string of the molecule is C[C@H]1CCc2nnc(N3CCNCC3)cc2C1. The van der Waals surface area contributed by atoms with Crippen molar-refractivity contribution in [3.8, 4) is 0 Å². The Labute approximate surface area is 102 Å². The summed E-state index contributed by atoms with van der Waals surface area (Å²) in [7, 11) is 0. The van der Waals surface area contributed by atoms with Crippen molar-refractivity contribution in [2.75, 3.05) is 31.1 Å². The van der Waals surface area contributed by atoms with Gasteiger partial charge in [0.15, 0.2) is 5.82 Å². The summed E-state index contributed by atoms with van der Waals surface area (Å²) in [5.41, 5.74) is 2.65. The largest absolute Gasteiger partial charge is 0.353 e. The number of hydrogen-bond donors (Lipinski definition) is 1. The molecule has 0 unspecified atom stereocenters. The van der Waals surface area contributed by atoms with Crippen LogP contribution in [0, 0.1) is 5.92 Å². The van der Waals surface area contributed by atoms with Crippen molar-refractivity contribution in [3.63, 3.8) is 0 Å². The highest BCUT2D eigenvalue weighted by Crippen LogP contribution is 2.25. The Balaban J connectivity index is 1.84. The van der Waals surface area contributed by atoms with Crippen LogP contribution in [0.15, 0.2) is 6.07 Å². The number of rotatable bonds is 1. The van der Waals surface area contributed by atoms with Gasteiger partial charge in [0.2, 0.25) is 0 Å². The smallest absolute Gasteiger partial charge is 0.151 e. The van der Waals surface area contributed by atoms with E-state index in [4.69, 9.17) is 0 Å².